The van der Waals surface area contributed by atoms with Crippen LogP contribution in [0, 0.1) is 0 Å². The van der Waals surface area contributed by atoms with Gasteiger partial charge in [0.2, 0.25) is 0 Å². The fourth-order valence-electron chi connectivity index (χ4n) is 3.36. The molecule has 2 aromatic carbocycles. The summed E-state index contributed by atoms with van der Waals surface area (Å²) in [6, 6.07) is 18.4. The van der Waals surface area contributed by atoms with Crippen LogP contribution in [-0.4, -0.2) is 38.9 Å². The van der Waals surface area contributed by atoms with Crippen molar-refractivity contribution < 1.29 is 4.79 Å². The summed E-state index contributed by atoms with van der Waals surface area (Å²) in [5.74, 6) is 0.108. The maximum atomic E-state index is 12.7. The van der Waals surface area contributed by atoms with Gasteiger partial charge in [-0.05, 0) is 36.1 Å². The second-order valence-corrected chi connectivity index (χ2v) is 6.35. The van der Waals surface area contributed by atoms with Crippen LogP contribution in [0.1, 0.15) is 29.2 Å². The predicted molar refractivity (Wildman–Crippen MR) is 96.1 cm³/mol. The highest BCUT2D eigenvalue weighted by Gasteiger charge is 2.24. The van der Waals surface area contributed by atoms with E-state index in [1.807, 2.05) is 58.2 Å². The van der Waals surface area contributed by atoms with Crippen LogP contribution >= 0.6 is 0 Å². The first-order chi connectivity index (χ1) is 12.3. The zero-order valence-corrected chi connectivity index (χ0v) is 14.0. The van der Waals surface area contributed by atoms with E-state index in [-0.39, 0.29) is 5.91 Å². The van der Waals surface area contributed by atoms with Crippen molar-refractivity contribution in [3.8, 4) is 11.1 Å². The van der Waals surface area contributed by atoms with E-state index in [9.17, 15) is 4.79 Å². The van der Waals surface area contributed by atoms with Crippen molar-refractivity contribution in [2.24, 2.45) is 0 Å². The smallest absolute Gasteiger partial charge is 0.253 e. The first-order valence-electron chi connectivity index (χ1n) is 8.62. The van der Waals surface area contributed by atoms with E-state index in [1.165, 1.54) is 0 Å². The van der Waals surface area contributed by atoms with Crippen LogP contribution in [-0.2, 0) is 0 Å². The number of aromatic nitrogens is 3. The van der Waals surface area contributed by atoms with E-state index in [0.29, 0.717) is 6.04 Å². The van der Waals surface area contributed by atoms with Crippen molar-refractivity contribution in [3.63, 3.8) is 0 Å². The lowest BCUT2D eigenvalue weighted by Crippen LogP contribution is -2.39. The van der Waals surface area contributed by atoms with Crippen molar-refractivity contribution in [3.05, 3.63) is 72.6 Å². The van der Waals surface area contributed by atoms with Gasteiger partial charge in [0.25, 0.3) is 5.91 Å². The molecule has 1 fully saturated rings. The molecule has 1 amide bonds. The minimum Gasteiger partial charge on any atom is -0.338 e. The molecule has 4 rings (SSSR count). The molecule has 0 N–H and O–H groups in total. The molecular weight excluding hydrogens is 312 g/mol. The first-order valence-corrected chi connectivity index (χ1v) is 8.62. The normalized spacial score (nSPS) is 15.3. The lowest BCUT2D eigenvalue weighted by molar-refractivity contribution is 0.0689. The van der Waals surface area contributed by atoms with Crippen molar-refractivity contribution in [2.45, 2.75) is 18.9 Å². The van der Waals surface area contributed by atoms with Crippen LogP contribution in [0.15, 0.2) is 67.0 Å². The highest BCUT2D eigenvalue weighted by molar-refractivity contribution is 5.94. The molecule has 0 radical (unpaired) electrons. The lowest BCUT2D eigenvalue weighted by Gasteiger charge is -2.31. The average molecular weight is 332 g/mol. The van der Waals surface area contributed by atoms with E-state index in [2.05, 4.69) is 22.4 Å². The van der Waals surface area contributed by atoms with Crippen molar-refractivity contribution >= 4 is 5.91 Å². The van der Waals surface area contributed by atoms with Crippen LogP contribution in [0.4, 0.5) is 0 Å². The molecule has 0 spiro atoms. The molecule has 1 aromatic heterocycles. The molecule has 25 heavy (non-hydrogen) atoms. The highest BCUT2D eigenvalue weighted by Crippen LogP contribution is 2.24. The molecule has 126 valence electrons. The summed E-state index contributed by atoms with van der Waals surface area (Å²) in [4.78, 5) is 14.7. The summed E-state index contributed by atoms with van der Waals surface area (Å²) in [5.41, 5.74) is 3.04. The molecule has 0 atom stereocenters. The van der Waals surface area contributed by atoms with Gasteiger partial charge in [-0.25, -0.2) is 4.68 Å². The molecule has 2 heterocycles. The van der Waals surface area contributed by atoms with Gasteiger partial charge in [0.1, 0.15) is 0 Å². The van der Waals surface area contributed by atoms with E-state index < -0.39 is 0 Å². The molecule has 1 aliphatic heterocycles. The average Bonchev–Trinajstić information content (AvgIpc) is 3.23. The SMILES string of the molecule is O=C(c1ccc(-c2ccccc2)cc1)N1CCC(n2ccnn2)CC1. The quantitative estimate of drug-likeness (QED) is 0.738. The Morgan fingerprint density at radius 2 is 1.60 bits per heavy atom. The van der Waals surface area contributed by atoms with Crippen molar-refractivity contribution in [2.75, 3.05) is 13.1 Å². The zero-order valence-electron chi connectivity index (χ0n) is 14.0. The molecular formula is C20H20N4O. The Hall–Kier alpha value is -2.95. The molecule has 0 aliphatic carbocycles. The van der Waals surface area contributed by atoms with Crippen molar-refractivity contribution in [1.29, 1.82) is 0 Å². The Morgan fingerprint density at radius 1 is 0.920 bits per heavy atom. The minimum atomic E-state index is 0.108. The topological polar surface area (TPSA) is 51.0 Å². The van der Waals surface area contributed by atoms with Gasteiger partial charge in [-0.1, -0.05) is 47.7 Å². The van der Waals surface area contributed by atoms with E-state index >= 15 is 0 Å². The Kier molecular flexibility index (Phi) is 4.29. The molecule has 1 saturated heterocycles. The van der Waals surface area contributed by atoms with Gasteiger partial charge in [0.05, 0.1) is 12.2 Å². The van der Waals surface area contributed by atoms with Gasteiger partial charge in [0.15, 0.2) is 0 Å². The second kappa shape index (κ2) is 6.89. The predicted octanol–water partition coefficient (Wildman–Crippen LogP) is 3.42. The van der Waals surface area contributed by atoms with Gasteiger partial charge < -0.3 is 4.90 Å². The molecule has 5 heteroatoms. The molecule has 5 nitrogen and oxygen atoms in total. The Morgan fingerprint density at radius 3 is 2.24 bits per heavy atom. The molecule has 0 saturated carbocycles. The monoisotopic (exact) mass is 332 g/mol. The number of amides is 1. The summed E-state index contributed by atoms with van der Waals surface area (Å²) in [6.07, 6.45) is 5.42. The number of rotatable bonds is 3. The van der Waals surface area contributed by atoms with Crippen LogP contribution in [0.25, 0.3) is 11.1 Å². The fourth-order valence-corrected chi connectivity index (χ4v) is 3.36. The third-order valence-corrected chi connectivity index (χ3v) is 4.81. The number of piperidine rings is 1. The van der Waals surface area contributed by atoms with Crippen molar-refractivity contribution in [1.82, 2.24) is 19.9 Å². The number of benzene rings is 2. The van der Waals surface area contributed by atoms with Crippen LogP contribution in [0.5, 0.6) is 0 Å². The number of carbonyl (C=O) groups is 1. The van der Waals surface area contributed by atoms with Crippen LogP contribution in [0.3, 0.4) is 0 Å². The van der Waals surface area contributed by atoms with E-state index in [4.69, 9.17) is 0 Å². The first kappa shape index (κ1) is 15.6. The number of hydrogen-bond acceptors (Lipinski definition) is 3. The third-order valence-electron chi connectivity index (χ3n) is 4.81. The van der Waals surface area contributed by atoms with Crippen LogP contribution in [0.2, 0.25) is 0 Å². The van der Waals surface area contributed by atoms with E-state index in [0.717, 1.165) is 42.6 Å². The maximum Gasteiger partial charge on any atom is 0.253 e. The molecule has 0 unspecified atom stereocenters. The molecule has 1 aliphatic rings. The van der Waals surface area contributed by atoms with Gasteiger partial charge in [0, 0.05) is 24.8 Å². The van der Waals surface area contributed by atoms with Gasteiger partial charge in [-0.3, -0.25) is 4.79 Å². The minimum absolute atomic E-state index is 0.108. The van der Waals surface area contributed by atoms with Gasteiger partial charge >= 0.3 is 0 Å². The largest absolute Gasteiger partial charge is 0.338 e. The Bertz CT molecular complexity index is 820. The molecule has 3 aromatic rings. The number of nitrogens with zero attached hydrogens (tertiary/aromatic N) is 4. The van der Waals surface area contributed by atoms with Crippen LogP contribution < -0.4 is 0 Å². The second-order valence-electron chi connectivity index (χ2n) is 6.35. The summed E-state index contributed by atoms with van der Waals surface area (Å²) in [7, 11) is 0. The summed E-state index contributed by atoms with van der Waals surface area (Å²) in [6.45, 7) is 1.51. The highest BCUT2D eigenvalue weighted by atomic mass is 16.2. The van der Waals surface area contributed by atoms with Gasteiger partial charge in [-0.2, -0.15) is 0 Å². The fraction of sp³-hybridized carbons (Fsp3) is 0.250. The Labute approximate surface area is 146 Å². The summed E-state index contributed by atoms with van der Waals surface area (Å²) >= 11 is 0. The summed E-state index contributed by atoms with van der Waals surface area (Å²) < 4.78 is 1.90. The maximum absolute atomic E-state index is 12.7. The lowest BCUT2D eigenvalue weighted by atomic mass is 10.0. The van der Waals surface area contributed by atoms with Gasteiger partial charge in [-0.15, -0.1) is 5.10 Å². The number of carbonyl (C=O) groups excluding carboxylic acids is 1. The van der Waals surface area contributed by atoms with E-state index in [1.54, 1.807) is 6.20 Å². The summed E-state index contributed by atoms with van der Waals surface area (Å²) in [5, 5.41) is 7.93. The third kappa shape index (κ3) is 3.31. The standard InChI is InChI=1S/C20H20N4O/c25-20(23-13-10-19(11-14-23)24-15-12-21-22-24)18-8-6-17(7-9-18)16-4-2-1-3-5-16/h1-9,12,15,19H,10-11,13-14H2. The number of likely N-dealkylation sites (tertiary alicyclic amines) is 1. The molecule has 0 bridgehead atoms. The zero-order chi connectivity index (χ0) is 17.1. The Balaban J connectivity index is 1.41. The number of hydrogen-bond donors (Lipinski definition) is 0.